The Labute approximate surface area is 163 Å². The molecule has 0 saturated heterocycles. The number of rotatable bonds is 12. The number of hydrogen-bond acceptors (Lipinski definition) is 4. The first-order chi connectivity index (χ1) is 13.1. The molecule has 0 aliphatic heterocycles. The van der Waals surface area contributed by atoms with Crippen molar-refractivity contribution in [3.8, 4) is 11.5 Å². The SMILES string of the molecule is CCCCCCCCCC(Oc1ccc(N)c(C)c1)Oc1ccccc1N. The first kappa shape index (κ1) is 20.9. The van der Waals surface area contributed by atoms with Crippen LogP contribution in [0.25, 0.3) is 0 Å². The van der Waals surface area contributed by atoms with E-state index in [-0.39, 0.29) is 6.29 Å². The Hall–Kier alpha value is -2.36. The first-order valence-electron chi connectivity index (χ1n) is 10.1. The van der Waals surface area contributed by atoms with Gasteiger partial charge in [0.1, 0.15) is 11.5 Å². The summed E-state index contributed by atoms with van der Waals surface area (Å²) in [4.78, 5) is 0. The van der Waals surface area contributed by atoms with E-state index in [2.05, 4.69) is 6.92 Å². The van der Waals surface area contributed by atoms with Crippen LogP contribution in [0.3, 0.4) is 0 Å². The van der Waals surface area contributed by atoms with Crippen molar-refractivity contribution in [2.45, 2.75) is 71.5 Å². The predicted molar refractivity (Wildman–Crippen MR) is 114 cm³/mol. The molecular weight excluding hydrogens is 336 g/mol. The fourth-order valence-corrected chi connectivity index (χ4v) is 3.01. The smallest absolute Gasteiger partial charge is 0.241 e. The van der Waals surface area contributed by atoms with Gasteiger partial charge in [-0.3, -0.25) is 0 Å². The summed E-state index contributed by atoms with van der Waals surface area (Å²) in [5.41, 5.74) is 14.3. The Morgan fingerprint density at radius 1 is 0.815 bits per heavy atom. The van der Waals surface area contributed by atoms with Crippen molar-refractivity contribution < 1.29 is 9.47 Å². The van der Waals surface area contributed by atoms with Crippen LogP contribution in [0.2, 0.25) is 0 Å². The molecule has 1 atom stereocenters. The molecule has 4 N–H and O–H groups in total. The summed E-state index contributed by atoms with van der Waals surface area (Å²) in [7, 11) is 0. The fourth-order valence-electron chi connectivity index (χ4n) is 3.01. The van der Waals surface area contributed by atoms with Crippen molar-refractivity contribution in [1.29, 1.82) is 0 Å². The van der Waals surface area contributed by atoms with Gasteiger partial charge in [-0.1, -0.05) is 57.6 Å². The molecule has 0 saturated carbocycles. The van der Waals surface area contributed by atoms with E-state index in [9.17, 15) is 0 Å². The summed E-state index contributed by atoms with van der Waals surface area (Å²) in [6, 6.07) is 13.2. The zero-order chi connectivity index (χ0) is 19.5. The van der Waals surface area contributed by atoms with Crippen LogP contribution in [0.5, 0.6) is 11.5 Å². The van der Waals surface area contributed by atoms with Crippen molar-refractivity contribution >= 4 is 11.4 Å². The number of nitrogens with two attached hydrogens (primary N) is 2. The quantitative estimate of drug-likeness (QED) is 0.270. The van der Waals surface area contributed by atoms with Gasteiger partial charge >= 0.3 is 0 Å². The summed E-state index contributed by atoms with van der Waals surface area (Å²) in [5.74, 6) is 1.43. The highest BCUT2D eigenvalue weighted by molar-refractivity contribution is 5.52. The molecule has 0 aliphatic rings. The van der Waals surface area contributed by atoms with Gasteiger partial charge < -0.3 is 20.9 Å². The second-order valence-corrected chi connectivity index (χ2v) is 7.13. The van der Waals surface area contributed by atoms with Gasteiger partial charge in [0.2, 0.25) is 6.29 Å². The second kappa shape index (κ2) is 11.4. The molecule has 1 unspecified atom stereocenters. The van der Waals surface area contributed by atoms with Gasteiger partial charge in [-0.25, -0.2) is 0 Å². The normalized spacial score (nSPS) is 11.9. The van der Waals surface area contributed by atoms with Crippen LogP contribution in [0.1, 0.15) is 63.9 Å². The summed E-state index contributed by atoms with van der Waals surface area (Å²) in [6.07, 6.45) is 9.24. The predicted octanol–water partition coefficient (Wildman–Crippen LogP) is 6.08. The van der Waals surface area contributed by atoms with Gasteiger partial charge in [-0.2, -0.15) is 0 Å². The van der Waals surface area contributed by atoms with E-state index in [1.54, 1.807) is 0 Å². The third-order valence-corrected chi connectivity index (χ3v) is 4.73. The van der Waals surface area contributed by atoms with Crippen LogP contribution < -0.4 is 20.9 Å². The minimum absolute atomic E-state index is 0.367. The van der Waals surface area contributed by atoms with E-state index in [4.69, 9.17) is 20.9 Å². The summed E-state index contributed by atoms with van der Waals surface area (Å²) in [5, 5.41) is 0. The number of ether oxygens (including phenoxy) is 2. The zero-order valence-electron chi connectivity index (χ0n) is 16.7. The molecule has 0 spiro atoms. The molecule has 0 heterocycles. The Bertz CT molecular complexity index is 688. The second-order valence-electron chi connectivity index (χ2n) is 7.13. The summed E-state index contributed by atoms with van der Waals surface area (Å²) in [6.45, 7) is 4.22. The summed E-state index contributed by atoms with van der Waals surface area (Å²) < 4.78 is 12.2. The average Bonchev–Trinajstić information content (AvgIpc) is 2.65. The molecule has 0 aromatic heterocycles. The third kappa shape index (κ3) is 7.41. The highest BCUT2D eigenvalue weighted by Gasteiger charge is 2.14. The molecular formula is C23H34N2O2. The number of anilines is 2. The van der Waals surface area contributed by atoms with Crippen LogP contribution in [-0.4, -0.2) is 6.29 Å². The number of nitrogen functional groups attached to an aromatic ring is 2. The van der Waals surface area contributed by atoms with Crippen LogP contribution in [0, 0.1) is 6.92 Å². The van der Waals surface area contributed by atoms with Gasteiger partial charge in [0.05, 0.1) is 5.69 Å². The lowest BCUT2D eigenvalue weighted by molar-refractivity contribution is -0.00192. The monoisotopic (exact) mass is 370 g/mol. The van der Waals surface area contributed by atoms with E-state index < -0.39 is 0 Å². The van der Waals surface area contributed by atoms with E-state index in [0.717, 1.165) is 29.8 Å². The minimum Gasteiger partial charge on any atom is -0.455 e. The van der Waals surface area contributed by atoms with Gasteiger partial charge in [0.15, 0.2) is 0 Å². The Balaban J connectivity index is 1.93. The van der Waals surface area contributed by atoms with Crippen LogP contribution in [-0.2, 0) is 0 Å². The third-order valence-electron chi connectivity index (χ3n) is 4.73. The van der Waals surface area contributed by atoms with Crippen molar-refractivity contribution in [2.24, 2.45) is 0 Å². The first-order valence-corrected chi connectivity index (χ1v) is 10.1. The number of unbranched alkanes of at least 4 members (excludes halogenated alkanes) is 6. The number of benzene rings is 2. The van der Waals surface area contributed by atoms with Crippen LogP contribution in [0.15, 0.2) is 42.5 Å². The Morgan fingerprint density at radius 3 is 2.22 bits per heavy atom. The molecule has 0 fully saturated rings. The molecule has 0 bridgehead atoms. The molecule has 27 heavy (non-hydrogen) atoms. The van der Waals surface area contributed by atoms with Gasteiger partial charge in [-0.15, -0.1) is 0 Å². The minimum atomic E-state index is -0.367. The average molecular weight is 371 g/mol. The van der Waals surface area contributed by atoms with E-state index >= 15 is 0 Å². The Kier molecular flexibility index (Phi) is 8.82. The fraction of sp³-hybridized carbons (Fsp3) is 0.478. The Morgan fingerprint density at radius 2 is 1.52 bits per heavy atom. The highest BCUT2D eigenvalue weighted by atomic mass is 16.7. The number of para-hydroxylation sites is 2. The lowest BCUT2D eigenvalue weighted by Crippen LogP contribution is -2.24. The van der Waals surface area contributed by atoms with Crippen molar-refractivity contribution in [2.75, 3.05) is 11.5 Å². The molecule has 4 heteroatoms. The van der Waals surface area contributed by atoms with Gasteiger partial charge in [0.25, 0.3) is 0 Å². The highest BCUT2D eigenvalue weighted by Crippen LogP contribution is 2.26. The topological polar surface area (TPSA) is 70.5 Å². The molecule has 2 rings (SSSR count). The van der Waals surface area contributed by atoms with Crippen LogP contribution >= 0.6 is 0 Å². The van der Waals surface area contributed by atoms with Crippen LogP contribution in [0.4, 0.5) is 11.4 Å². The molecule has 2 aromatic rings. The maximum absolute atomic E-state index is 6.12. The van der Waals surface area contributed by atoms with Crippen molar-refractivity contribution in [3.63, 3.8) is 0 Å². The molecule has 4 nitrogen and oxygen atoms in total. The lowest BCUT2D eigenvalue weighted by Gasteiger charge is -2.22. The number of hydrogen-bond donors (Lipinski definition) is 2. The molecule has 2 aromatic carbocycles. The molecule has 0 amide bonds. The maximum atomic E-state index is 6.12. The van der Waals surface area contributed by atoms with Crippen molar-refractivity contribution in [1.82, 2.24) is 0 Å². The van der Waals surface area contributed by atoms with E-state index in [0.29, 0.717) is 11.4 Å². The van der Waals surface area contributed by atoms with E-state index in [1.165, 1.54) is 38.5 Å². The lowest BCUT2D eigenvalue weighted by atomic mass is 10.1. The zero-order valence-corrected chi connectivity index (χ0v) is 16.7. The van der Waals surface area contributed by atoms with Gasteiger partial charge in [0, 0.05) is 12.1 Å². The molecule has 0 aliphatic carbocycles. The van der Waals surface area contributed by atoms with Crippen molar-refractivity contribution in [3.05, 3.63) is 48.0 Å². The molecule has 148 valence electrons. The maximum Gasteiger partial charge on any atom is 0.241 e. The molecule has 0 radical (unpaired) electrons. The number of aryl methyl sites for hydroxylation is 1. The van der Waals surface area contributed by atoms with Gasteiger partial charge in [-0.05, 0) is 49.2 Å². The standard InChI is InChI=1S/C23H34N2O2/c1-3-4-5-6-7-8-9-14-23(27-22-13-11-10-12-21(22)25)26-19-15-16-20(24)18(2)17-19/h10-13,15-17,23H,3-9,14,24-25H2,1-2H3. The van der Waals surface area contributed by atoms with E-state index in [1.807, 2.05) is 49.4 Å². The summed E-state index contributed by atoms with van der Waals surface area (Å²) >= 11 is 0. The largest absolute Gasteiger partial charge is 0.455 e.